The van der Waals surface area contributed by atoms with Crippen molar-refractivity contribution in [2.45, 2.75) is 11.9 Å². The Morgan fingerprint density at radius 1 is 1.21 bits per heavy atom. The van der Waals surface area contributed by atoms with Crippen molar-refractivity contribution < 1.29 is 14.3 Å². The third-order valence-corrected chi connectivity index (χ3v) is 4.34. The van der Waals surface area contributed by atoms with E-state index in [9.17, 15) is 14.3 Å². The third-order valence-electron chi connectivity index (χ3n) is 3.33. The number of aliphatic hydroxyl groups is 1. The summed E-state index contributed by atoms with van der Waals surface area (Å²) in [6.07, 6.45) is -0.863. The second-order valence-electron chi connectivity index (χ2n) is 5.17. The van der Waals surface area contributed by atoms with Gasteiger partial charge in [-0.2, -0.15) is 5.26 Å². The van der Waals surface area contributed by atoms with E-state index in [1.807, 2.05) is 12.1 Å². The molecule has 0 aliphatic rings. The van der Waals surface area contributed by atoms with Crippen LogP contribution in [0, 0.1) is 17.1 Å². The van der Waals surface area contributed by atoms with Gasteiger partial charge in [0.05, 0.1) is 23.5 Å². The Bertz CT molecular complexity index is 711. The molecule has 24 heavy (non-hydrogen) atoms. The van der Waals surface area contributed by atoms with Gasteiger partial charge < -0.3 is 10.4 Å². The predicted octanol–water partition coefficient (Wildman–Crippen LogP) is 2.78. The second kappa shape index (κ2) is 9.06. The number of hydrogen-bond acceptors (Lipinski definition) is 4. The van der Waals surface area contributed by atoms with Crippen LogP contribution in [0.4, 0.5) is 4.39 Å². The number of rotatable bonds is 7. The van der Waals surface area contributed by atoms with Gasteiger partial charge in [-0.3, -0.25) is 4.79 Å². The van der Waals surface area contributed by atoms with Crippen molar-refractivity contribution >= 4 is 17.7 Å². The molecule has 0 saturated heterocycles. The summed E-state index contributed by atoms with van der Waals surface area (Å²) in [5, 5.41) is 21.3. The van der Waals surface area contributed by atoms with E-state index in [-0.39, 0.29) is 24.0 Å². The van der Waals surface area contributed by atoms with E-state index >= 15 is 0 Å². The van der Waals surface area contributed by atoms with E-state index in [0.29, 0.717) is 16.9 Å². The Kier molecular flexibility index (Phi) is 6.79. The molecule has 0 heterocycles. The van der Waals surface area contributed by atoms with Crippen LogP contribution in [-0.4, -0.2) is 23.3 Å². The Labute approximate surface area is 144 Å². The van der Waals surface area contributed by atoms with Gasteiger partial charge in [-0.05, 0) is 35.4 Å². The van der Waals surface area contributed by atoms with Crippen molar-refractivity contribution in [3.8, 4) is 6.07 Å². The minimum atomic E-state index is -0.863. The van der Waals surface area contributed by atoms with Crippen molar-refractivity contribution in [1.29, 1.82) is 5.26 Å². The van der Waals surface area contributed by atoms with Crippen molar-refractivity contribution in [2.24, 2.45) is 0 Å². The summed E-state index contributed by atoms with van der Waals surface area (Å²) in [5.41, 5.74) is 2.20. The first kappa shape index (κ1) is 18.0. The summed E-state index contributed by atoms with van der Waals surface area (Å²) < 4.78 is 12.8. The molecule has 4 nitrogen and oxygen atoms in total. The van der Waals surface area contributed by atoms with E-state index in [4.69, 9.17) is 5.26 Å². The number of nitriles is 1. The predicted molar refractivity (Wildman–Crippen MR) is 91.7 cm³/mol. The summed E-state index contributed by atoms with van der Waals surface area (Å²) in [6.45, 7) is 0.0852. The number of nitrogens with one attached hydrogen (secondary N) is 1. The molecule has 0 fully saturated rings. The molecule has 2 aromatic rings. The molecule has 0 aliphatic heterocycles. The smallest absolute Gasteiger partial charge is 0.230 e. The number of thioether (sulfide) groups is 1. The number of amides is 1. The zero-order valence-corrected chi connectivity index (χ0v) is 13.7. The topological polar surface area (TPSA) is 73.1 Å². The van der Waals surface area contributed by atoms with Gasteiger partial charge in [0.25, 0.3) is 0 Å². The van der Waals surface area contributed by atoms with Crippen molar-refractivity contribution in [2.75, 3.05) is 12.3 Å². The van der Waals surface area contributed by atoms with Crippen molar-refractivity contribution in [3.63, 3.8) is 0 Å². The molecule has 0 radical (unpaired) electrons. The molecular weight excluding hydrogens is 327 g/mol. The van der Waals surface area contributed by atoms with Crippen LogP contribution >= 0.6 is 11.8 Å². The second-order valence-corrected chi connectivity index (χ2v) is 6.16. The summed E-state index contributed by atoms with van der Waals surface area (Å²) in [7, 11) is 0. The molecule has 1 atom stereocenters. The van der Waals surface area contributed by atoms with Gasteiger partial charge in [0.1, 0.15) is 5.82 Å². The van der Waals surface area contributed by atoms with E-state index in [1.54, 1.807) is 12.1 Å². The lowest BCUT2D eigenvalue weighted by atomic mass is 10.1. The molecule has 0 bridgehead atoms. The molecule has 6 heteroatoms. The van der Waals surface area contributed by atoms with Crippen LogP contribution < -0.4 is 5.32 Å². The lowest BCUT2D eigenvalue weighted by Gasteiger charge is -2.12. The van der Waals surface area contributed by atoms with Gasteiger partial charge in [-0.25, -0.2) is 4.39 Å². The quantitative estimate of drug-likeness (QED) is 0.810. The van der Waals surface area contributed by atoms with Gasteiger partial charge in [-0.1, -0.05) is 24.3 Å². The molecular formula is C18H17FN2O2S. The molecule has 2 aromatic carbocycles. The fourth-order valence-corrected chi connectivity index (χ4v) is 2.82. The lowest BCUT2D eigenvalue weighted by molar-refractivity contribution is -0.119. The Hall–Kier alpha value is -2.36. The highest BCUT2D eigenvalue weighted by molar-refractivity contribution is 7.99. The molecule has 0 aliphatic carbocycles. The number of benzene rings is 2. The van der Waals surface area contributed by atoms with Crippen LogP contribution in [0.3, 0.4) is 0 Å². The average Bonchev–Trinajstić information content (AvgIpc) is 2.61. The number of halogens is 1. The molecule has 0 spiro atoms. The molecule has 124 valence electrons. The number of carbonyl (C=O) groups excluding carboxylic acids is 1. The first-order valence-corrected chi connectivity index (χ1v) is 8.51. The van der Waals surface area contributed by atoms with Crippen LogP contribution in [0.1, 0.15) is 22.8 Å². The van der Waals surface area contributed by atoms with Crippen LogP contribution in [0.15, 0.2) is 48.5 Å². The number of hydrogen-bond donors (Lipinski definition) is 2. The molecule has 2 N–H and O–H groups in total. The maximum absolute atomic E-state index is 12.8. The number of nitrogens with zero attached hydrogens (tertiary/aromatic N) is 1. The van der Waals surface area contributed by atoms with E-state index in [0.717, 1.165) is 5.56 Å². The number of carbonyl (C=O) groups is 1. The highest BCUT2D eigenvalue weighted by Crippen LogP contribution is 2.14. The van der Waals surface area contributed by atoms with Crippen LogP contribution in [0.25, 0.3) is 0 Å². The summed E-state index contributed by atoms with van der Waals surface area (Å²) in [5.74, 6) is 0.402. The van der Waals surface area contributed by atoms with Gasteiger partial charge >= 0.3 is 0 Å². The number of aliphatic hydroxyl groups excluding tert-OH is 1. The Morgan fingerprint density at radius 3 is 2.50 bits per heavy atom. The normalized spacial score (nSPS) is 11.5. The van der Waals surface area contributed by atoms with Crippen LogP contribution in [0.5, 0.6) is 0 Å². The summed E-state index contributed by atoms with van der Waals surface area (Å²) in [4.78, 5) is 11.8. The SMILES string of the molecule is N#Cc1ccc(CSCC(=O)NCC(O)c2ccc(F)cc2)cc1. The molecule has 1 amide bonds. The average molecular weight is 344 g/mol. The van der Waals surface area contributed by atoms with Crippen molar-refractivity contribution in [1.82, 2.24) is 5.32 Å². The first-order valence-electron chi connectivity index (χ1n) is 7.35. The minimum absolute atomic E-state index is 0.0852. The zero-order valence-electron chi connectivity index (χ0n) is 12.9. The van der Waals surface area contributed by atoms with Gasteiger partial charge in [-0.15, -0.1) is 11.8 Å². The van der Waals surface area contributed by atoms with E-state index in [2.05, 4.69) is 11.4 Å². The van der Waals surface area contributed by atoms with E-state index < -0.39 is 6.10 Å². The maximum atomic E-state index is 12.8. The first-order chi connectivity index (χ1) is 11.6. The molecule has 1 unspecified atom stereocenters. The van der Waals surface area contributed by atoms with Crippen LogP contribution in [0.2, 0.25) is 0 Å². The maximum Gasteiger partial charge on any atom is 0.230 e. The Morgan fingerprint density at radius 2 is 1.88 bits per heavy atom. The van der Waals surface area contributed by atoms with Crippen LogP contribution in [-0.2, 0) is 10.5 Å². The minimum Gasteiger partial charge on any atom is -0.387 e. The van der Waals surface area contributed by atoms with Gasteiger partial charge in [0, 0.05) is 12.3 Å². The molecule has 2 rings (SSSR count). The fourth-order valence-electron chi connectivity index (χ4n) is 2.00. The monoisotopic (exact) mass is 344 g/mol. The summed E-state index contributed by atoms with van der Waals surface area (Å²) >= 11 is 1.45. The third kappa shape index (κ3) is 5.69. The summed E-state index contributed by atoms with van der Waals surface area (Å²) in [6, 6.07) is 14.8. The molecule has 0 aromatic heterocycles. The molecule has 0 saturated carbocycles. The lowest BCUT2D eigenvalue weighted by Crippen LogP contribution is -2.29. The highest BCUT2D eigenvalue weighted by atomic mass is 32.2. The van der Waals surface area contributed by atoms with E-state index in [1.165, 1.54) is 36.0 Å². The zero-order chi connectivity index (χ0) is 17.4. The van der Waals surface area contributed by atoms with Gasteiger partial charge in [0.2, 0.25) is 5.91 Å². The Balaban J connectivity index is 1.69. The standard InChI is InChI=1S/C18H17FN2O2S/c19-16-7-5-15(6-8-16)17(22)10-21-18(23)12-24-11-14-3-1-13(9-20)2-4-14/h1-8,17,22H,10-12H2,(H,21,23). The van der Waals surface area contributed by atoms with Crippen molar-refractivity contribution in [3.05, 3.63) is 71.0 Å². The largest absolute Gasteiger partial charge is 0.387 e. The fraction of sp³-hybridized carbons (Fsp3) is 0.222. The van der Waals surface area contributed by atoms with Gasteiger partial charge in [0.15, 0.2) is 0 Å². The highest BCUT2D eigenvalue weighted by Gasteiger charge is 2.09.